The van der Waals surface area contributed by atoms with E-state index in [1.807, 2.05) is 0 Å². The van der Waals surface area contributed by atoms with Gasteiger partial charge in [0, 0.05) is 25.0 Å². The van der Waals surface area contributed by atoms with E-state index < -0.39 is 21.6 Å². The van der Waals surface area contributed by atoms with Crippen molar-refractivity contribution in [2.45, 2.75) is 12.8 Å². The average molecular weight is 394 g/mol. The van der Waals surface area contributed by atoms with Gasteiger partial charge in [0.25, 0.3) is 5.91 Å². The molecule has 27 heavy (non-hydrogen) atoms. The van der Waals surface area contributed by atoms with Crippen molar-refractivity contribution in [1.82, 2.24) is 9.62 Å². The second-order valence-corrected chi connectivity index (χ2v) is 8.62. The first-order valence-electron chi connectivity index (χ1n) is 8.64. The normalized spacial score (nSPS) is 16.4. The van der Waals surface area contributed by atoms with Crippen molar-refractivity contribution in [2.24, 2.45) is 5.92 Å². The highest BCUT2D eigenvalue weighted by Crippen LogP contribution is 2.24. The Morgan fingerprint density at radius 2 is 2.04 bits per heavy atom. The van der Waals surface area contributed by atoms with Crippen LogP contribution >= 0.6 is 0 Å². The van der Waals surface area contributed by atoms with E-state index in [0.29, 0.717) is 49.2 Å². The lowest BCUT2D eigenvalue weighted by molar-refractivity contribution is 0.0938. The topological polar surface area (TPSA) is 106 Å². The number of ether oxygens (including phenoxy) is 1. The number of fused-ring (bicyclic) bond motifs is 1. The highest BCUT2D eigenvalue weighted by Gasteiger charge is 2.25. The summed E-state index contributed by atoms with van der Waals surface area (Å²) >= 11 is 0. The van der Waals surface area contributed by atoms with Gasteiger partial charge < -0.3 is 14.5 Å². The molecule has 146 valence electrons. The zero-order chi connectivity index (χ0) is 19.6. The van der Waals surface area contributed by atoms with Crippen LogP contribution in [-0.4, -0.2) is 51.6 Å². The van der Waals surface area contributed by atoms with Gasteiger partial charge in [0.1, 0.15) is 5.56 Å². The molecule has 0 atom stereocenters. The van der Waals surface area contributed by atoms with Gasteiger partial charge in [0.2, 0.25) is 10.0 Å². The number of hydrogen-bond acceptors (Lipinski definition) is 6. The predicted molar refractivity (Wildman–Crippen MR) is 101 cm³/mol. The summed E-state index contributed by atoms with van der Waals surface area (Å²) in [5, 5.41) is 3.36. The Morgan fingerprint density at radius 3 is 2.67 bits per heavy atom. The summed E-state index contributed by atoms with van der Waals surface area (Å²) in [5.41, 5.74) is -0.490. The second-order valence-electron chi connectivity index (χ2n) is 6.64. The number of methoxy groups -OCH3 is 1. The molecule has 3 rings (SSSR count). The summed E-state index contributed by atoms with van der Waals surface area (Å²) < 4.78 is 34.9. The van der Waals surface area contributed by atoms with Gasteiger partial charge in [-0.1, -0.05) is 12.1 Å². The van der Waals surface area contributed by atoms with Crippen LogP contribution in [-0.2, 0) is 10.0 Å². The van der Waals surface area contributed by atoms with Crippen LogP contribution < -0.4 is 15.7 Å². The van der Waals surface area contributed by atoms with Gasteiger partial charge in [-0.2, -0.15) is 0 Å². The number of amides is 1. The second kappa shape index (κ2) is 7.69. The standard InChI is InChI=1S/C18H22N2O6S/c1-25-15-5-3-4-13-10-14(18(22)26-16(13)15)17(21)19-11-12-6-8-20(9-7-12)27(2,23)24/h3-5,10,12H,6-9,11H2,1-2H3,(H,19,21). The fourth-order valence-electron chi connectivity index (χ4n) is 3.21. The van der Waals surface area contributed by atoms with Crippen molar-refractivity contribution in [3.05, 3.63) is 40.2 Å². The maximum atomic E-state index is 12.4. The smallest absolute Gasteiger partial charge is 0.349 e. The van der Waals surface area contributed by atoms with Gasteiger partial charge in [0.05, 0.1) is 13.4 Å². The first kappa shape index (κ1) is 19.4. The Morgan fingerprint density at radius 1 is 1.33 bits per heavy atom. The van der Waals surface area contributed by atoms with Crippen molar-refractivity contribution >= 4 is 26.9 Å². The monoisotopic (exact) mass is 394 g/mol. The van der Waals surface area contributed by atoms with Gasteiger partial charge in [-0.15, -0.1) is 0 Å². The number of hydrogen-bond donors (Lipinski definition) is 1. The van der Waals surface area contributed by atoms with E-state index in [1.165, 1.54) is 23.7 Å². The first-order chi connectivity index (χ1) is 12.8. The highest BCUT2D eigenvalue weighted by atomic mass is 32.2. The minimum absolute atomic E-state index is 0.0654. The van der Waals surface area contributed by atoms with Gasteiger partial charge in [-0.3, -0.25) is 4.79 Å². The lowest BCUT2D eigenvalue weighted by Crippen LogP contribution is -2.41. The zero-order valence-corrected chi connectivity index (χ0v) is 16.0. The van der Waals surface area contributed by atoms with E-state index in [9.17, 15) is 18.0 Å². The maximum Gasteiger partial charge on any atom is 0.349 e. The maximum absolute atomic E-state index is 12.4. The minimum atomic E-state index is -3.17. The summed E-state index contributed by atoms with van der Waals surface area (Å²) in [6, 6.07) is 6.65. The Kier molecular flexibility index (Phi) is 5.52. The zero-order valence-electron chi connectivity index (χ0n) is 15.2. The molecule has 0 saturated carbocycles. The van der Waals surface area contributed by atoms with E-state index in [0.717, 1.165) is 0 Å². The Bertz CT molecular complexity index is 1010. The molecule has 1 fully saturated rings. The molecule has 1 N–H and O–H groups in total. The van der Waals surface area contributed by atoms with Gasteiger partial charge in [-0.25, -0.2) is 17.5 Å². The number of carbonyl (C=O) groups is 1. The molecule has 2 aromatic rings. The molecule has 9 heteroatoms. The number of nitrogens with zero attached hydrogens (tertiary/aromatic N) is 1. The minimum Gasteiger partial charge on any atom is -0.493 e. The number of sulfonamides is 1. The molecule has 0 radical (unpaired) electrons. The van der Waals surface area contributed by atoms with Gasteiger partial charge in [0.15, 0.2) is 11.3 Å². The van der Waals surface area contributed by atoms with Crippen molar-refractivity contribution < 1.29 is 22.4 Å². The lowest BCUT2D eigenvalue weighted by atomic mass is 9.98. The van der Waals surface area contributed by atoms with E-state index in [-0.39, 0.29) is 11.5 Å². The molecule has 2 heterocycles. The number of para-hydroxylation sites is 1. The largest absolute Gasteiger partial charge is 0.493 e. The van der Waals surface area contributed by atoms with Crippen LogP contribution in [0.5, 0.6) is 5.75 Å². The molecule has 1 amide bonds. The fraction of sp³-hybridized carbons (Fsp3) is 0.444. The third-order valence-electron chi connectivity index (χ3n) is 4.78. The van der Waals surface area contributed by atoms with E-state index in [4.69, 9.17) is 9.15 Å². The van der Waals surface area contributed by atoms with Crippen LogP contribution in [0.4, 0.5) is 0 Å². The van der Waals surface area contributed by atoms with Crippen LogP contribution in [0, 0.1) is 5.92 Å². The molecule has 1 saturated heterocycles. The SMILES string of the molecule is COc1cccc2cc(C(=O)NCC3CCN(S(C)(=O)=O)CC3)c(=O)oc12. The predicted octanol–water partition coefficient (Wildman–Crippen LogP) is 1.20. The Balaban J connectivity index is 1.67. The molecule has 0 unspecified atom stereocenters. The molecule has 1 aliphatic heterocycles. The first-order valence-corrected chi connectivity index (χ1v) is 10.5. The Hall–Kier alpha value is -2.39. The summed E-state index contributed by atoms with van der Waals surface area (Å²) in [6.45, 7) is 1.26. The van der Waals surface area contributed by atoms with Crippen molar-refractivity contribution in [3.63, 3.8) is 0 Å². The van der Waals surface area contributed by atoms with Crippen LogP contribution in [0.25, 0.3) is 11.0 Å². The molecular weight excluding hydrogens is 372 g/mol. The van der Waals surface area contributed by atoms with E-state index >= 15 is 0 Å². The van der Waals surface area contributed by atoms with E-state index in [2.05, 4.69) is 5.32 Å². The highest BCUT2D eigenvalue weighted by molar-refractivity contribution is 7.88. The van der Waals surface area contributed by atoms with Crippen molar-refractivity contribution in [3.8, 4) is 5.75 Å². The average Bonchev–Trinajstić information content (AvgIpc) is 2.64. The molecule has 1 aromatic carbocycles. The summed E-state index contributed by atoms with van der Waals surface area (Å²) in [4.78, 5) is 24.6. The Labute approximate surface area is 157 Å². The molecule has 8 nitrogen and oxygen atoms in total. The molecule has 0 bridgehead atoms. The van der Waals surface area contributed by atoms with Crippen molar-refractivity contribution in [1.29, 1.82) is 0 Å². The molecule has 0 aliphatic carbocycles. The molecular formula is C18H22N2O6S. The molecule has 1 aromatic heterocycles. The van der Waals surface area contributed by atoms with Gasteiger partial charge >= 0.3 is 5.63 Å². The third-order valence-corrected chi connectivity index (χ3v) is 6.09. The fourth-order valence-corrected chi connectivity index (χ4v) is 4.09. The summed E-state index contributed by atoms with van der Waals surface area (Å²) in [7, 11) is -1.70. The number of carbonyl (C=O) groups excluding carboxylic acids is 1. The number of benzene rings is 1. The van der Waals surface area contributed by atoms with Crippen LogP contribution in [0.3, 0.4) is 0 Å². The number of rotatable bonds is 5. The summed E-state index contributed by atoms with van der Waals surface area (Å²) in [5.74, 6) is 0.0905. The number of nitrogens with one attached hydrogen (secondary N) is 1. The lowest BCUT2D eigenvalue weighted by Gasteiger charge is -2.30. The van der Waals surface area contributed by atoms with Crippen LogP contribution in [0.15, 0.2) is 33.5 Å². The quantitative estimate of drug-likeness (QED) is 0.764. The van der Waals surface area contributed by atoms with E-state index in [1.54, 1.807) is 18.2 Å². The molecule has 1 aliphatic rings. The molecule has 0 spiro atoms. The third kappa shape index (κ3) is 4.30. The van der Waals surface area contributed by atoms with Crippen molar-refractivity contribution in [2.75, 3.05) is 33.0 Å². The van der Waals surface area contributed by atoms with Gasteiger partial charge in [-0.05, 0) is 30.9 Å². The number of piperidine rings is 1. The summed E-state index contributed by atoms with van der Waals surface area (Å²) in [6.07, 6.45) is 2.52. The van der Waals surface area contributed by atoms with Crippen LogP contribution in [0.1, 0.15) is 23.2 Å². The van der Waals surface area contributed by atoms with Crippen LogP contribution in [0.2, 0.25) is 0 Å².